The van der Waals surface area contributed by atoms with Gasteiger partial charge < -0.3 is 14.6 Å². The lowest BCUT2D eigenvalue weighted by atomic mass is 9.80. The molecule has 1 aromatic carbocycles. The van der Waals surface area contributed by atoms with E-state index in [0.29, 0.717) is 25.2 Å². The maximum absolute atomic E-state index is 11.2. The van der Waals surface area contributed by atoms with Crippen molar-refractivity contribution in [1.29, 1.82) is 0 Å². The summed E-state index contributed by atoms with van der Waals surface area (Å²) in [7, 11) is 1.71. The van der Waals surface area contributed by atoms with Crippen LogP contribution in [0, 0.1) is 13.8 Å². The molecule has 0 bridgehead atoms. The topological polar surface area (TPSA) is 55.8 Å². The monoisotopic (exact) mass is 512 g/mol. The summed E-state index contributed by atoms with van der Waals surface area (Å²) >= 11 is 0. The lowest BCUT2D eigenvalue weighted by molar-refractivity contribution is -0.136. The number of methoxy groups -OCH3 is 1. The number of allylic oxidation sites excluding steroid dienone is 6. The molecule has 1 N–H and O–H groups in total. The Bertz CT molecular complexity index is 889. The number of rotatable bonds is 11. The van der Waals surface area contributed by atoms with Crippen LogP contribution in [-0.2, 0) is 14.3 Å². The molecular formula is C33H52O4. The van der Waals surface area contributed by atoms with E-state index in [9.17, 15) is 9.90 Å². The first-order valence-corrected chi connectivity index (χ1v) is 13.9. The Labute approximate surface area is 227 Å². The second-order valence-corrected chi connectivity index (χ2v) is 8.95. The minimum atomic E-state index is -0.847. The molecule has 1 aromatic rings. The molecule has 1 aliphatic rings. The molecule has 0 aromatic heterocycles. The quantitative estimate of drug-likeness (QED) is 0.237. The van der Waals surface area contributed by atoms with Crippen LogP contribution in [-0.4, -0.2) is 37.5 Å². The SMILES string of the molecule is C=C/C(CC(=O)O)=C(C)/C=C(\C=C/C)c1c(C)cc(C2CCC(OCCOC)CC2)cc1C.CC.CC. The van der Waals surface area contributed by atoms with E-state index < -0.39 is 5.97 Å². The molecule has 0 spiro atoms. The van der Waals surface area contributed by atoms with E-state index in [4.69, 9.17) is 9.47 Å². The van der Waals surface area contributed by atoms with Gasteiger partial charge in [-0.2, -0.15) is 0 Å². The Balaban J connectivity index is 0.00000308. The lowest BCUT2D eigenvalue weighted by Crippen LogP contribution is -2.22. The van der Waals surface area contributed by atoms with Crippen molar-refractivity contribution in [2.24, 2.45) is 0 Å². The first kappa shape index (κ1) is 34.6. The van der Waals surface area contributed by atoms with Crippen LogP contribution in [0.15, 0.2) is 54.2 Å². The predicted octanol–water partition coefficient (Wildman–Crippen LogP) is 8.98. The van der Waals surface area contributed by atoms with Crippen LogP contribution in [0.3, 0.4) is 0 Å². The standard InChI is InChI=1S/C29H40O4.2C2H6/c1-7-9-25(16-20(3)23(8-2)19-28(30)31)29-21(4)17-26(18-22(29)5)24-10-12-27(13-11-24)33-15-14-32-6;2*1-2/h7-9,16-18,24,27H,2,10-15,19H2,1,3-6H3,(H,30,31);2*1-2H3/b9-7-,23-20-,25-16+;;. The molecule has 0 amide bonds. The maximum atomic E-state index is 11.2. The number of aryl methyl sites for hydroxylation is 2. The van der Waals surface area contributed by atoms with E-state index >= 15 is 0 Å². The molecule has 0 aliphatic heterocycles. The average Bonchev–Trinajstić information content (AvgIpc) is 2.89. The van der Waals surface area contributed by atoms with Gasteiger partial charge in [-0.3, -0.25) is 4.79 Å². The largest absolute Gasteiger partial charge is 0.481 e. The molecule has 4 heteroatoms. The number of carboxylic acids is 1. The van der Waals surface area contributed by atoms with Gasteiger partial charge in [-0.15, -0.1) is 0 Å². The smallest absolute Gasteiger partial charge is 0.307 e. The zero-order valence-corrected chi connectivity index (χ0v) is 24.9. The van der Waals surface area contributed by atoms with E-state index in [1.165, 1.54) is 22.3 Å². The van der Waals surface area contributed by atoms with Gasteiger partial charge >= 0.3 is 5.97 Å². The fourth-order valence-corrected chi connectivity index (χ4v) is 4.79. The third-order valence-corrected chi connectivity index (χ3v) is 6.44. The molecule has 0 radical (unpaired) electrons. The summed E-state index contributed by atoms with van der Waals surface area (Å²) in [5, 5.41) is 9.20. The first-order valence-electron chi connectivity index (χ1n) is 13.9. The first-order chi connectivity index (χ1) is 17.8. The highest BCUT2D eigenvalue weighted by atomic mass is 16.5. The van der Waals surface area contributed by atoms with Gasteiger partial charge in [0.05, 0.1) is 25.7 Å². The number of aliphatic carboxylic acids is 1. The Kier molecular flexibility index (Phi) is 18.4. The number of carbonyl (C=O) groups is 1. The van der Waals surface area contributed by atoms with Crippen LogP contribution in [0.2, 0.25) is 0 Å². The van der Waals surface area contributed by atoms with Crippen molar-refractivity contribution in [3.63, 3.8) is 0 Å². The van der Waals surface area contributed by atoms with Gasteiger partial charge in [0.15, 0.2) is 0 Å². The number of ether oxygens (including phenoxy) is 2. The van der Waals surface area contributed by atoms with E-state index in [1.807, 2.05) is 47.6 Å². The van der Waals surface area contributed by atoms with Crippen LogP contribution in [0.25, 0.3) is 5.57 Å². The molecule has 1 fully saturated rings. The number of carboxylic acid groups (broad SMARTS) is 1. The summed E-state index contributed by atoms with van der Waals surface area (Å²) in [4.78, 5) is 11.2. The van der Waals surface area contributed by atoms with Crippen LogP contribution in [0.4, 0.5) is 0 Å². The fraction of sp³-hybridized carbons (Fsp3) is 0.545. The third kappa shape index (κ3) is 11.7. The van der Waals surface area contributed by atoms with Crippen molar-refractivity contribution in [2.75, 3.05) is 20.3 Å². The second kappa shape index (κ2) is 19.7. The normalized spacial score (nSPS) is 18.2. The summed E-state index contributed by atoms with van der Waals surface area (Å²) in [5.41, 5.74) is 7.88. The summed E-state index contributed by atoms with van der Waals surface area (Å²) in [6.07, 6.45) is 12.7. The van der Waals surface area contributed by atoms with E-state index in [-0.39, 0.29) is 6.42 Å². The van der Waals surface area contributed by atoms with Gasteiger partial charge in [-0.05, 0) is 98.3 Å². The predicted molar refractivity (Wildman–Crippen MR) is 159 cm³/mol. The van der Waals surface area contributed by atoms with Crippen LogP contribution in [0.1, 0.15) is 102 Å². The molecule has 1 saturated carbocycles. The van der Waals surface area contributed by atoms with E-state index in [2.05, 4.69) is 44.7 Å². The summed E-state index contributed by atoms with van der Waals surface area (Å²) in [5.74, 6) is -0.279. The molecule has 2 rings (SSSR count). The van der Waals surface area contributed by atoms with Gasteiger partial charge in [-0.1, -0.05) is 70.7 Å². The van der Waals surface area contributed by atoms with Gasteiger partial charge in [0, 0.05) is 7.11 Å². The maximum Gasteiger partial charge on any atom is 0.307 e. The van der Waals surface area contributed by atoms with Crippen molar-refractivity contribution in [1.82, 2.24) is 0 Å². The van der Waals surface area contributed by atoms with Gasteiger partial charge in [-0.25, -0.2) is 0 Å². The molecule has 0 saturated heterocycles. The van der Waals surface area contributed by atoms with E-state index in [0.717, 1.165) is 42.4 Å². The van der Waals surface area contributed by atoms with Crippen molar-refractivity contribution < 1.29 is 19.4 Å². The number of benzene rings is 1. The molecule has 4 nitrogen and oxygen atoms in total. The Morgan fingerprint density at radius 1 is 1.05 bits per heavy atom. The number of hydrogen-bond acceptors (Lipinski definition) is 3. The fourth-order valence-electron chi connectivity index (χ4n) is 4.79. The van der Waals surface area contributed by atoms with Gasteiger partial charge in [0.25, 0.3) is 0 Å². The van der Waals surface area contributed by atoms with Crippen molar-refractivity contribution >= 4 is 11.5 Å². The van der Waals surface area contributed by atoms with Crippen molar-refractivity contribution in [3.05, 3.63) is 76.4 Å². The Morgan fingerprint density at radius 2 is 1.62 bits per heavy atom. The molecule has 0 unspecified atom stereocenters. The highest BCUT2D eigenvalue weighted by Gasteiger charge is 2.24. The molecule has 208 valence electrons. The summed E-state index contributed by atoms with van der Waals surface area (Å²) in [6, 6.07) is 4.67. The van der Waals surface area contributed by atoms with Crippen LogP contribution < -0.4 is 0 Å². The zero-order valence-electron chi connectivity index (χ0n) is 24.9. The molecule has 0 heterocycles. The zero-order chi connectivity index (χ0) is 28.4. The van der Waals surface area contributed by atoms with Crippen molar-refractivity contribution in [3.8, 4) is 0 Å². The molecule has 37 heavy (non-hydrogen) atoms. The highest BCUT2D eigenvalue weighted by Crippen LogP contribution is 2.37. The molecule has 0 atom stereocenters. The van der Waals surface area contributed by atoms with Gasteiger partial charge in [0.2, 0.25) is 0 Å². The van der Waals surface area contributed by atoms with E-state index in [1.54, 1.807) is 13.2 Å². The second-order valence-electron chi connectivity index (χ2n) is 8.95. The third-order valence-electron chi connectivity index (χ3n) is 6.44. The van der Waals surface area contributed by atoms with Crippen LogP contribution in [0.5, 0.6) is 0 Å². The minimum absolute atomic E-state index is 0.0241. The average molecular weight is 513 g/mol. The molecular weight excluding hydrogens is 460 g/mol. The minimum Gasteiger partial charge on any atom is -0.481 e. The summed E-state index contributed by atoms with van der Waals surface area (Å²) < 4.78 is 11.0. The Hall–Kier alpha value is -2.43. The number of hydrogen-bond donors (Lipinski definition) is 1. The Morgan fingerprint density at radius 3 is 2.08 bits per heavy atom. The molecule has 1 aliphatic carbocycles. The van der Waals surface area contributed by atoms with Gasteiger partial charge in [0.1, 0.15) is 0 Å². The van der Waals surface area contributed by atoms with Crippen molar-refractivity contribution in [2.45, 2.75) is 99.5 Å². The highest BCUT2D eigenvalue weighted by molar-refractivity contribution is 5.80. The van der Waals surface area contributed by atoms with Crippen LogP contribution >= 0.6 is 0 Å². The lowest BCUT2D eigenvalue weighted by Gasteiger charge is -2.29. The summed E-state index contributed by atoms with van der Waals surface area (Å²) in [6.45, 7) is 21.4.